The van der Waals surface area contributed by atoms with Crippen LogP contribution in [0.4, 0.5) is 0 Å². The summed E-state index contributed by atoms with van der Waals surface area (Å²) in [7, 11) is 0. The zero-order valence-electron chi connectivity index (χ0n) is 5.52. The van der Waals surface area contributed by atoms with Gasteiger partial charge in [0.05, 0.1) is 6.61 Å². The Morgan fingerprint density at radius 2 is 2.44 bits per heavy atom. The first kappa shape index (κ1) is 8.39. The van der Waals surface area contributed by atoms with Crippen LogP contribution in [0.3, 0.4) is 0 Å². The molecular formula is C5H12N2O2. The molecule has 0 aromatic carbocycles. The molecule has 0 unspecified atom stereocenters. The molecule has 0 heterocycles. The summed E-state index contributed by atoms with van der Waals surface area (Å²) in [6, 6.07) is 0. The minimum atomic E-state index is -0.306. The maximum Gasteiger partial charge on any atom is 0.321 e. The minimum absolute atomic E-state index is 0.0833. The number of ether oxygens (including phenoxy) is 1. The topological polar surface area (TPSA) is 64.3 Å². The van der Waals surface area contributed by atoms with Crippen LogP contribution in [-0.2, 0) is 9.53 Å². The van der Waals surface area contributed by atoms with Crippen molar-refractivity contribution in [2.45, 2.75) is 13.3 Å². The van der Waals surface area contributed by atoms with E-state index in [4.69, 9.17) is 5.84 Å². The Hall–Kier alpha value is -0.610. The summed E-state index contributed by atoms with van der Waals surface area (Å²) in [6.45, 7) is 2.49. The lowest BCUT2D eigenvalue weighted by Gasteiger charge is -1.99. The molecule has 9 heavy (non-hydrogen) atoms. The second-order valence-electron chi connectivity index (χ2n) is 1.60. The van der Waals surface area contributed by atoms with Crippen molar-refractivity contribution in [3.05, 3.63) is 0 Å². The summed E-state index contributed by atoms with van der Waals surface area (Å²) < 4.78 is 4.65. The first-order valence-corrected chi connectivity index (χ1v) is 2.90. The van der Waals surface area contributed by atoms with Crippen molar-refractivity contribution >= 4 is 5.97 Å². The summed E-state index contributed by atoms with van der Waals surface area (Å²) in [4.78, 5) is 10.4. The highest BCUT2D eigenvalue weighted by Gasteiger charge is 1.96. The molecule has 0 saturated carbocycles. The molecule has 0 aliphatic rings. The third kappa shape index (κ3) is 5.26. The second kappa shape index (κ2) is 5.53. The van der Waals surface area contributed by atoms with Crippen LogP contribution in [0.5, 0.6) is 0 Å². The first-order valence-electron chi connectivity index (χ1n) is 2.90. The molecule has 4 nitrogen and oxygen atoms in total. The zero-order valence-corrected chi connectivity index (χ0v) is 5.52. The molecule has 0 aromatic rings. The van der Waals surface area contributed by atoms with Crippen LogP contribution < -0.4 is 11.3 Å². The van der Waals surface area contributed by atoms with E-state index in [-0.39, 0.29) is 12.5 Å². The first-order chi connectivity index (χ1) is 4.31. The molecule has 0 saturated heterocycles. The number of carbonyl (C=O) groups is 1. The molecule has 0 aromatic heterocycles. The highest BCUT2D eigenvalue weighted by atomic mass is 16.5. The third-order valence-electron chi connectivity index (χ3n) is 0.714. The predicted molar refractivity (Wildman–Crippen MR) is 33.4 cm³/mol. The van der Waals surface area contributed by atoms with Crippen LogP contribution in [0.25, 0.3) is 0 Å². The molecule has 0 aliphatic carbocycles. The highest BCUT2D eigenvalue weighted by Crippen LogP contribution is 1.79. The van der Waals surface area contributed by atoms with E-state index in [1.165, 1.54) is 0 Å². The van der Waals surface area contributed by atoms with Gasteiger partial charge >= 0.3 is 5.97 Å². The Bertz CT molecular complexity index is 85.0. The number of esters is 1. The fourth-order valence-corrected chi connectivity index (χ4v) is 0.350. The molecule has 0 aliphatic heterocycles. The molecule has 0 atom stereocenters. The van der Waals surface area contributed by atoms with E-state index in [0.29, 0.717) is 6.61 Å². The Morgan fingerprint density at radius 1 is 1.78 bits per heavy atom. The minimum Gasteiger partial charge on any atom is -0.465 e. The maximum absolute atomic E-state index is 10.4. The molecule has 0 amide bonds. The van der Waals surface area contributed by atoms with E-state index < -0.39 is 0 Å². The van der Waals surface area contributed by atoms with Crippen molar-refractivity contribution in [1.82, 2.24) is 5.43 Å². The normalized spacial score (nSPS) is 9.11. The van der Waals surface area contributed by atoms with Crippen molar-refractivity contribution in [2.24, 2.45) is 5.84 Å². The van der Waals surface area contributed by atoms with Gasteiger partial charge < -0.3 is 4.74 Å². The molecule has 0 fully saturated rings. The van der Waals surface area contributed by atoms with Gasteiger partial charge in [0, 0.05) is 0 Å². The number of rotatable bonds is 4. The van der Waals surface area contributed by atoms with Crippen molar-refractivity contribution in [1.29, 1.82) is 0 Å². The molecular weight excluding hydrogens is 120 g/mol. The predicted octanol–water partition coefficient (Wildman–Crippen LogP) is -0.597. The van der Waals surface area contributed by atoms with Gasteiger partial charge in [-0.25, -0.2) is 5.43 Å². The van der Waals surface area contributed by atoms with Gasteiger partial charge in [-0.05, 0) is 6.42 Å². The van der Waals surface area contributed by atoms with Crippen molar-refractivity contribution in [3.63, 3.8) is 0 Å². The van der Waals surface area contributed by atoms with E-state index in [9.17, 15) is 4.79 Å². The largest absolute Gasteiger partial charge is 0.465 e. The Morgan fingerprint density at radius 3 is 2.89 bits per heavy atom. The van der Waals surface area contributed by atoms with Crippen molar-refractivity contribution in [3.8, 4) is 0 Å². The van der Waals surface area contributed by atoms with Gasteiger partial charge in [0.25, 0.3) is 0 Å². The van der Waals surface area contributed by atoms with Gasteiger partial charge in [0.2, 0.25) is 0 Å². The average molecular weight is 132 g/mol. The zero-order chi connectivity index (χ0) is 7.11. The molecule has 0 bridgehead atoms. The third-order valence-corrected chi connectivity index (χ3v) is 0.714. The maximum atomic E-state index is 10.4. The molecule has 0 spiro atoms. The number of nitrogens with two attached hydrogens (primary N) is 1. The smallest absolute Gasteiger partial charge is 0.321 e. The van der Waals surface area contributed by atoms with Crippen LogP contribution in [0.15, 0.2) is 0 Å². The highest BCUT2D eigenvalue weighted by molar-refractivity contribution is 5.71. The Balaban J connectivity index is 3.06. The SMILES string of the molecule is CCCOC(=O)CNN. The van der Waals surface area contributed by atoms with E-state index in [1.54, 1.807) is 0 Å². The number of hydrogen-bond donors (Lipinski definition) is 2. The van der Waals surface area contributed by atoms with Gasteiger partial charge in [0.1, 0.15) is 6.54 Å². The van der Waals surface area contributed by atoms with Crippen LogP contribution in [0.1, 0.15) is 13.3 Å². The fraction of sp³-hybridized carbons (Fsp3) is 0.800. The summed E-state index contributed by atoms with van der Waals surface area (Å²) in [5, 5.41) is 0. The molecule has 4 heteroatoms. The number of hydrazine groups is 1. The Labute approximate surface area is 54.3 Å². The van der Waals surface area contributed by atoms with Gasteiger partial charge in [-0.15, -0.1) is 0 Å². The second-order valence-corrected chi connectivity index (χ2v) is 1.60. The van der Waals surface area contributed by atoms with E-state index in [2.05, 4.69) is 10.2 Å². The molecule has 0 rings (SSSR count). The molecule has 3 N–H and O–H groups in total. The van der Waals surface area contributed by atoms with Crippen molar-refractivity contribution in [2.75, 3.05) is 13.2 Å². The monoisotopic (exact) mass is 132 g/mol. The summed E-state index contributed by atoms with van der Waals surface area (Å²) >= 11 is 0. The van der Waals surface area contributed by atoms with Crippen LogP contribution in [0, 0.1) is 0 Å². The van der Waals surface area contributed by atoms with Gasteiger partial charge in [-0.2, -0.15) is 0 Å². The summed E-state index contributed by atoms with van der Waals surface area (Å²) in [6.07, 6.45) is 0.844. The van der Waals surface area contributed by atoms with Crippen molar-refractivity contribution < 1.29 is 9.53 Å². The number of carbonyl (C=O) groups excluding carboxylic acids is 1. The van der Waals surface area contributed by atoms with Crippen LogP contribution in [0.2, 0.25) is 0 Å². The summed E-state index contributed by atoms with van der Waals surface area (Å²) in [5.74, 6) is 4.54. The van der Waals surface area contributed by atoms with Gasteiger partial charge in [0.15, 0.2) is 0 Å². The standard InChI is InChI=1S/C5H12N2O2/c1-2-3-9-5(8)4-7-6/h7H,2-4,6H2,1H3. The van der Waals surface area contributed by atoms with Gasteiger partial charge in [-0.3, -0.25) is 10.6 Å². The quantitative estimate of drug-likeness (QED) is 0.304. The number of nitrogens with one attached hydrogen (secondary N) is 1. The number of hydrogen-bond acceptors (Lipinski definition) is 4. The van der Waals surface area contributed by atoms with Gasteiger partial charge in [-0.1, -0.05) is 6.92 Å². The van der Waals surface area contributed by atoms with E-state index in [1.807, 2.05) is 6.92 Å². The van der Waals surface area contributed by atoms with Crippen LogP contribution >= 0.6 is 0 Å². The average Bonchev–Trinajstić information content (AvgIpc) is 1.85. The lowest BCUT2D eigenvalue weighted by atomic mass is 10.5. The lowest BCUT2D eigenvalue weighted by Crippen LogP contribution is -2.30. The van der Waals surface area contributed by atoms with E-state index in [0.717, 1.165) is 6.42 Å². The Kier molecular flexibility index (Phi) is 5.15. The molecule has 0 radical (unpaired) electrons. The van der Waals surface area contributed by atoms with E-state index >= 15 is 0 Å². The van der Waals surface area contributed by atoms with Crippen LogP contribution in [-0.4, -0.2) is 19.1 Å². The lowest BCUT2D eigenvalue weighted by molar-refractivity contribution is -0.142. The summed E-state index contributed by atoms with van der Waals surface area (Å²) in [5.41, 5.74) is 2.20. The fourth-order valence-electron chi connectivity index (χ4n) is 0.350. The molecule has 54 valence electrons.